The topological polar surface area (TPSA) is 80.0 Å². The van der Waals surface area contributed by atoms with Gasteiger partial charge in [-0.2, -0.15) is 0 Å². The van der Waals surface area contributed by atoms with Gasteiger partial charge in [0.1, 0.15) is 5.69 Å². The number of imidazole rings is 1. The second-order valence-corrected chi connectivity index (χ2v) is 6.88. The van der Waals surface area contributed by atoms with E-state index < -0.39 is 6.10 Å². The first kappa shape index (κ1) is 16.1. The van der Waals surface area contributed by atoms with Crippen molar-refractivity contribution in [3.63, 3.8) is 0 Å². The van der Waals surface area contributed by atoms with E-state index in [4.69, 9.17) is 0 Å². The number of amides is 1. The Balaban J connectivity index is 1.63. The minimum Gasteiger partial charge on any atom is -0.391 e. The molecule has 0 saturated heterocycles. The summed E-state index contributed by atoms with van der Waals surface area (Å²) in [6, 6.07) is 3.40. The van der Waals surface area contributed by atoms with Crippen molar-refractivity contribution in [3.05, 3.63) is 46.7 Å². The first-order valence-electron chi connectivity index (χ1n) is 7.60. The number of hydrogen-bond acceptors (Lipinski definition) is 4. The Labute approximate surface area is 143 Å². The zero-order valence-corrected chi connectivity index (χ0v) is 14.4. The molecule has 1 saturated carbocycles. The van der Waals surface area contributed by atoms with Gasteiger partial charge in [-0.15, -0.1) is 0 Å². The van der Waals surface area contributed by atoms with E-state index in [-0.39, 0.29) is 11.9 Å². The number of aryl methyl sites for hydroxylation is 1. The van der Waals surface area contributed by atoms with Crippen LogP contribution in [0, 0.1) is 12.8 Å². The second-order valence-electron chi connectivity index (χ2n) is 6.03. The maximum atomic E-state index is 12.4. The van der Waals surface area contributed by atoms with Crippen LogP contribution in [0.15, 0.2) is 35.3 Å². The van der Waals surface area contributed by atoms with Gasteiger partial charge in [-0.05, 0) is 53.7 Å². The summed E-state index contributed by atoms with van der Waals surface area (Å²) in [6.07, 6.45) is 6.31. The molecule has 0 radical (unpaired) electrons. The number of nitrogens with one attached hydrogen (secondary N) is 1. The molecular weight excluding hydrogens is 360 g/mol. The molecule has 1 unspecified atom stereocenters. The normalized spacial score (nSPS) is 23.9. The van der Waals surface area contributed by atoms with Crippen molar-refractivity contribution in [1.29, 1.82) is 0 Å². The molecule has 23 heavy (non-hydrogen) atoms. The van der Waals surface area contributed by atoms with Crippen LogP contribution in [0.1, 0.15) is 29.0 Å². The predicted molar refractivity (Wildman–Crippen MR) is 88.9 cm³/mol. The van der Waals surface area contributed by atoms with E-state index in [2.05, 4.69) is 31.2 Å². The Morgan fingerprint density at radius 2 is 2.30 bits per heavy atom. The van der Waals surface area contributed by atoms with Gasteiger partial charge in [0.15, 0.2) is 0 Å². The minimum atomic E-state index is -0.531. The van der Waals surface area contributed by atoms with Crippen molar-refractivity contribution in [2.24, 2.45) is 5.92 Å². The molecule has 0 bridgehead atoms. The summed E-state index contributed by atoms with van der Waals surface area (Å²) in [4.78, 5) is 20.7. The molecule has 122 valence electrons. The fourth-order valence-corrected chi connectivity index (χ4v) is 3.45. The summed E-state index contributed by atoms with van der Waals surface area (Å²) in [5.74, 6) is 0.0614. The van der Waals surface area contributed by atoms with Crippen molar-refractivity contribution in [1.82, 2.24) is 19.9 Å². The highest BCUT2D eigenvalue weighted by Gasteiger charge is 2.34. The van der Waals surface area contributed by atoms with Gasteiger partial charge >= 0.3 is 0 Å². The Kier molecular flexibility index (Phi) is 4.77. The molecule has 2 aromatic rings. The zero-order valence-electron chi connectivity index (χ0n) is 12.8. The third kappa shape index (κ3) is 3.79. The largest absolute Gasteiger partial charge is 0.391 e. The molecule has 0 aliphatic heterocycles. The lowest BCUT2D eigenvalue weighted by Gasteiger charge is -2.16. The number of aliphatic hydroxyl groups excluding tert-OH is 1. The molecule has 1 fully saturated rings. The molecule has 1 aliphatic carbocycles. The van der Waals surface area contributed by atoms with Gasteiger partial charge in [0.05, 0.1) is 18.5 Å². The average Bonchev–Trinajstić information content (AvgIpc) is 3.12. The number of pyridine rings is 1. The fourth-order valence-electron chi connectivity index (χ4n) is 3.05. The summed E-state index contributed by atoms with van der Waals surface area (Å²) in [5.41, 5.74) is 1.14. The van der Waals surface area contributed by atoms with Crippen LogP contribution < -0.4 is 5.32 Å². The molecule has 2 aromatic heterocycles. The van der Waals surface area contributed by atoms with E-state index in [0.29, 0.717) is 22.5 Å². The zero-order chi connectivity index (χ0) is 16.4. The third-order valence-corrected chi connectivity index (χ3v) is 4.81. The van der Waals surface area contributed by atoms with Gasteiger partial charge in [0.25, 0.3) is 5.91 Å². The van der Waals surface area contributed by atoms with E-state index >= 15 is 0 Å². The van der Waals surface area contributed by atoms with Gasteiger partial charge in [0, 0.05) is 29.1 Å². The lowest BCUT2D eigenvalue weighted by molar-refractivity contribution is 0.0867. The van der Waals surface area contributed by atoms with Gasteiger partial charge in [-0.1, -0.05) is 0 Å². The van der Waals surface area contributed by atoms with Crippen molar-refractivity contribution in [3.8, 4) is 0 Å². The Morgan fingerprint density at radius 1 is 1.48 bits per heavy atom. The van der Waals surface area contributed by atoms with E-state index in [1.807, 2.05) is 29.8 Å². The van der Waals surface area contributed by atoms with Crippen molar-refractivity contribution in [2.45, 2.75) is 38.5 Å². The minimum absolute atomic E-state index is 0.245. The molecule has 1 amide bonds. The molecule has 7 heteroatoms. The number of rotatable bonds is 4. The fraction of sp³-hybridized carbons (Fsp3) is 0.438. The summed E-state index contributed by atoms with van der Waals surface area (Å²) < 4.78 is 2.66. The highest BCUT2D eigenvalue weighted by atomic mass is 79.9. The molecule has 3 rings (SSSR count). The van der Waals surface area contributed by atoms with Gasteiger partial charge < -0.3 is 15.0 Å². The number of aromatic nitrogens is 3. The molecule has 1 aliphatic rings. The Hall–Kier alpha value is -1.73. The van der Waals surface area contributed by atoms with Crippen molar-refractivity contribution in [2.75, 3.05) is 0 Å². The van der Waals surface area contributed by atoms with Crippen LogP contribution in [0.3, 0.4) is 0 Å². The first-order chi connectivity index (χ1) is 11.0. The highest BCUT2D eigenvalue weighted by molar-refractivity contribution is 9.10. The molecule has 2 heterocycles. The van der Waals surface area contributed by atoms with E-state index in [1.54, 1.807) is 12.5 Å². The molecule has 0 aromatic carbocycles. The average molecular weight is 379 g/mol. The summed E-state index contributed by atoms with van der Waals surface area (Å²) in [7, 11) is 0. The van der Waals surface area contributed by atoms with Gasteiger partial charge in [-0.3, -0.25) is 4.79 Å². The maximum absolute atomic E-state index is 12.4. The Bertz CT molecular complexity index is 689. The quantitative estimate of drug-likeness (QED) is 0.851. The van der Waals surface area contributed by atoms with Crippen LogP contribution in [0.2, 0.25) is 0 Å². The van der Waals surface area contributed by atoms with Gasteiger partial charge in [0.2, 0.25) is 0 Å². The second kappa shape index (κ2) is 6.80. The molecule has 3 atom stereocenters. The van der Waals surface area contributed by atoms with Crippen LogP contribution in [-0.2, 0) is 6.54 Å². The SMILES string of the molecule is Cc1ccc(Br)c(C(=O)N[C@@H]2CC(Cn3ccnc3)C[C@H]2O)n1. The molecular formula is C16H19BrN4O2. The number of aliphatic hydroxyl groups is 1. The van der Waals surface area contributed by atoms with Crippen LogP contribution in [0.5, 0.6) is 0 Å². The van der Waals surface area contributed by atoms with Crippen LogP contribution >= 0.6 is 15.9 Å². The lowest BCUT2D eigenvalue weighted by Crippen LogP contribution is -2.40. The standard InChI is InChI=1S/C16H19BrN4O2/c1-10-2-3-12(17)15(19-10)16(23)20-13-6-11(7-14(13)22)8-21-5-4-18-9-21/h2-5,9,11,13-14,22H,6-8H2,1H3,(H,20,23)/t11?,13-,14-/m1/s1. The van der Waals surface area contributed by atoms with Crippen LogP contribution in [0.25, 0.3) is 0 Å². The molecule has 2 N–H and O–H groups in total. The molecule has 0 spiro atoms. The number of carbonyl (C=O) groups is 1. The Morgan fingerprint density at radius 3 is 3.04 bits per heavy atom. The van der Waals surface area contributed by atoms with E-state index in [9.17, 15) is 9.90 Å². The van der Waals surface area contributed by atoms with Crippen LogP contribution in [-0.4, -0.2) is 37.7 Å². The van der Waals surface area contributed by atoms with Crippen molar-refractivity contribution < 1.29 is 9.90 Å². The smallest absolute Gasteiger partial charge is 0.271 e. The number of nitrogens with zero attached hydrogens (tertiary/aromatic N) is 3. The van der Waals surface area contributed by atoms with E-state index in [1.165, 1.54) is 0 Å². The number of carbonyl (C=O) groups excluding carboxylic acids is 1. The summed E-state index contributed by atoms with van der Waals surface area (Å²) in [6.45, 7) is 2.64. The lowest BCUT2D eigenvalue weighted by atomic mass is 10.1. The summed E-state index contributed by atoms with van der Waals surface area (Å²) in [5, 5.41) is 13.2. The maximum Gasteiger partial charge on any atom is 0.271 e. The summed E-state index contributed by atoms with van der Waals surface area (Å²) >= 11 is 3.35. The van der Waals surface area contributed by atoms with E-state index in [0.717, 1.165) is 18.7 Å². The molecule has 6 nitrogen and oxygen atoms in total. The number of halogens is 1. The first-order valence-corrected chi connectivity index (χ1v) is 8.40. The third-order valence-electron chi connectivity index (χ3n) is 4.17. The number of hydrogen-bond donors (Lipinski definition) is 2. The monoisotopic (exact) mass is 378 g/mol. The predicted octanol–water partition coefficient (Wildman–Crippen LogP) is 1.92. The van der Waals surface area contributed by atoms with Gasteiger partial charge in [-0.25, -0.2) is 9.97 Å². The highest BCUT2D eigenvalue weighted by Crippen LogP contribution is 2.28. The van der Waals surface area contributed by atoms with Crippen molar-refractivity contribution >= 4 is 21.8 Å². The van der Waals surface area contributed by atoms with Crippen LogP contribution in [0.4, 0.5) is 0 Å².